The van der Waals surface area contributed by atoms with Crippen LogP contribution in [-0.2, 0) is 23.8 Å². The maximum absolute atomic E-state index is 12.7. The molecule has 3 atom stereocenters. The van der Waals surface area contributed by atoms with Crippen LogP contribution >= 0.6 is 75.0 Å². The first-order chi connectivity index (χ1) is 58.5. The van der Waals surface area contributed by atoms with Crippen molar-refractivity contribution < 1.29 is 37.2 Å². The van der Waals surface area contributed by atoms with E-state index in [1.165, 1.54) is 24.8 Å². The summed E-state index contributed by atoms with van der Waals surface area (Å²) in [4.78, 5) is 37.2. The molecule has 0 aliphatic carbocycles. The van der Waals surface area contributed by atoms with E-state index < -0.39 is 34.1 Å². The van der Waals surface area contributed by atoms with E-state index >= 15 is 0 Å². The van der Waals surface area contributed by atoms with Crippen LogP contribution in [0.4, 0.5) is 92.6 Å². The van der Waals surface area contributed by atoms with Crippen molar-refractivity contribution in [2.75, 3.05) is 145 Å². The van der Waals surface area contributed by atoms with Crippen molar-refractivity contribution in [3.63, 3.8) is 0 Å². The third-order valence-electron chi connectivity index (χ3n) is 19.2. The number of hydrogen-bond donors (Lipinski definition) is 11. The maximum Gasteiger partial charge on any atom is 0.229 e. The number of nitrogens with two attached hydrogens (primary N) is 2. The molecule has 0 amide bonds. The van der Waals surface area contributed by atoms with Gasteiger partial charge in [-0.1, -0.05) is 119 Å². The van der Waals surface area contributed by atoms with Gasteiger partial charge >= 0.3 is 0 Å². The van der Waals surface area contributed by atoms with Crippen molar-refractivity contribution in [2.45, 2.75) is 58.3 Å². The fraction of sp³-hybridized carbons (Fsp3) is 0.273. The van der Waals surface area contributed by atoms with Crippen molar-refractivity contribution in [2.24, 2.45) is 11.5 Å². The number of halogens is 4. The van der Waals surface area contributed by atoms with Gasteiger partial charge in [0.1, 0.15) is 71.7 Å². The minimum atomic E-state index is -2.50. The summed E-state index contributed by atoms with van der Waals surface area (Å²) < 4.78 is 72.7. The van der Waals surface area contributed by atoms with Crippen LogP contribution in [0.15, 0.2) is 195 Å². The summed E-state index contributed by atoms with van der Waals surface area (Å²) in [5, 5.41) is 33.0. The lowest BCUT2D eigenvalue weighted by molar-refractivity contribution is 0.320. The molecule has 36 heteroatoms. The highest BCUT2D eigenvalue weighted by molar-refractivity contribution is 7.71. The van der Waals surface area contributed by atoms with Crippen LogP contribution in [0.1, 0.15) is 75.0 Å². The van der Waals surface area contributed by atoms with Crippen molar-refractivity contribution in [1.82, 2.24) is 50.1 Å². The Bertz CT molecular complexity index is 5930. The van der Waals surface area contributed by atoms with E-state index in [2.05, 4.69) is 106 Å². The van der Waals surface area contributed by atoms with Crippen molar-refractivity contribution in [3.05, 3.63) is 237 Å². The first-order valence-corrected chi connectivity index (χ1v) is 50.9. The predicted octanol–water partition coefficient (Wildman–Crippen LogP) is 20.6. The van der Waals surface area contributed by atoms with E-state index in [0.29, 0.717) is 124 Å². The minimum Gasteiger partial charge on any atom is -0.495 e. The molecule has 0 fully saturated rings. The molecule has 4 aromatic heterocycles. The lowest BCUT2D eigenvalue weighted by atomic mass is 9.95. The zero-order valence-electron chi connectivity index (χ0n) is 73.0. The molecule has 656 valence electrons. The van der Waals surface area contributed by atoms with Gasteiger partial charge in [-0.3, -0.25) is 0 Å². The van der Waals surface area contributed by atoms with Crippen molar-refractivity contribution >= 4 is 189 Å². The zero-order chi connectivity index (χ0) is 90.8. The van der Waals surface area contributed by atoms with E-state index in [0.717, 1.165) is 54.8 Å². The van der Waals surface area contributed by atoms with Gasteiger partial charge in [0, 0.05) is 44.9 Å². The van der Waals surface area contributed by atoms with Gasteiger partial charge in [-0.05, 0) is 228 Å². The zero-order valence-corrected chi connectivity index (χ0v) is 79.6. The largest absolute Gasteiger partial charge is 0.495 e. The molecule has 0 aliphatic heterocycles. The molecule has 0 saturated carbocycles. The smallest absolute Gasteiger partial charge is 0.229 e. The molecule has 0 saturated heterocycles. The number of hydrogen-bond acceptors (Lipinski definition) is 28. The van der Waals surface area contributed by atoms with Crippen LogP contribution in [0, 0.1) is 0 Å². The van der Waals surface area contributed by atoms with Gasteiger partial charge in [-0.15, -0.1) is 0 Å². The molecule has 3 unspecified atom stereocenters. The molecule has 12 rings (SSSR count). The first kappa shape index (κ1) is 97.4. The van der Waals surface area contributed by atoms with Crippen LogP contribution in [0.5, 0.6) is 23.0 Å². The number of ether oxygens (including phenoxy) is 4. The average molecular weight is 1840 g/mol. The van der Waals surface area contributed by atoms with Gasteiger partial charge in [0.05, 0.1) is 98.7 Å². The summed E-state index contributed by atoms with van der Waals surface area (Å²) in [5.74, 6) is 5.63. The summed E-state index contributed by atoms with van der Waals surface area (Å²) in [5.41, 5.74) is 21.4. The Balaban J connectivity index is 0.000000187. The highest BCUT2D eigenvalue weighted by Gasteiger charge is 2.25. The van der Waals surface area contributed by atoms with E-state index in [9.17, 15) is 18.3 Å². The monoisotopic (exact) mass is 1840 g/mol. The molecule has 28 nitrogen and oxygen atoms in total. The molecule has 0 radical (unpaired) electrons. The second kappa shape index (κ2) is 43.0. The third-order valence-corrected chi connectivity index (χ3v) is 26.6. The first-order valence-electron chi connectivity index (χ1n) is 39.0. The summed E-state index contributed by atoms with van der Waals surface area (Å²) in [6.07, 6.45) is 6.04. The lowest BCUT2D eigenvalue weighted by Gasteiger charge is -2.21. The summed E-state index contributed by atoms with van der Waals surface area (Å²) in [6, 6.07) is 53.2. The van der Waals surface area contributed by atoms with Crippen LogP contribution in [0.25, 0.3) is 0 Å². The number of para-hydroxylation sites is 4. The molecular formula is C88H108Cl4N20O8P4. The Hall–Kier alpha value is -10.4. The fourth-order valence-corrected chi connectivity index (χ4v) is 17.3. The quantitative estimate of drug-likeness (QED) is 0.0186. The van der Waals surface area contributed by atoms with Gasteiger partial charge in [0.2, 0.25) is 23.8 Å². The van der Waals surface area contributed by atoms with Crippen LogP contribution in [0.3, 0.4) is 0 Å². The normalized spacial score (nSPS) is 12.2. The van der Waals surface area contributed by atoms with Crippen LogP contribution < -0.4 is 99.5 Å². The Morgan fingerprint density at radius 1 is 0.371 bits per heavy atom. The Morgan fingerprint density at radius 2 is 0.629 bits per heavy atom. The molecular weight excluding hydrogens is 1730 g/mol. The van der Waals surface area contributed by atoms with E-state index in [-0.39, 0.29) is 18.1 Å². The lowest BCUT2D eigenvalue weighted by Crippen LogP contribution is -2.28. The van der Waals surface area contributed by atoms with Crippen molar-refractivity contribution in [1.29, 1.82) is 0 Å². The average Bonchev–Trinajstić information content (AvgIpc) is 0.845. The molecule has 8 aromatic carbocycles. The summed E-state index contributed by atoms with van der Waals surface area (Å²) in [7, 11) is 2.45. The maximum atomic E-state index is 12.7. The topological polar surface area (TPSA) is 372 Å². The van der Waals surface area contributed by atoms with Gasteiger partial charge in [-0.2, -0.15) is 19.9 Å². The van der Waals surface area contributed by atoms with Crippen LogP contribution in [0.2, 0.25) is 20.1 Å². The molecule has 0 bridgehead atoms. The predicted molar refractivity (Wildman–Crippen MR) is 518 cm³/mol. The van der Waals surface area contributed by atoms with Gasteiger partial charge in [0.25, 0.3) is 0 Å². The SMILES string of the molecule is CNC(C)c1ccc(Nc2ncc(Cl)c(Nc3ccccc3P(C)(C)=O)n2)c(OC)c1.COc1cc(C(C)(C)N)ccc1Nc1ncc(Cl)c(Nc2ccccc2P(C)(C)=O)n1.COc1cc(C(C)N(C)C)ccc1Nc1ncc(Cl)c(Nc2ccccc2P(C)(C)=O)n1.COc1cc(C(C)N)ccc1Nc1ncc(Cl)c(Nc2ccccc2P(C)(C)=O)n1. The molecule has 12 aromatic rings. The molecule has 4 heterocycles. The molecule has 13 N–H and O–H groups in total. The summed E-state index contributed by atoms with van der Waals surface area (Å²) >= 11 is 25.3. The summed E-state index contributed by atoms with van der Waals surface area (Å²) in [6.45, 7) is 23.8. The molecule has 124 heavy (non-hydrogen) atoms. The van der Waals surface area contributed by atoms with Gasteiger partial charge < -0.3 is 101 Å². The third kappa shape index (κ3) is 26.8. The number of nitrogens with zero attached hydrogens (tertiary/aromatic N) is 9. The van der Waals surface area contributed by atoms with Crippen molar-refractivity contribution in [3.8, 4) is 23.0 Å². The van der Waals surface area contributed by atoms with Gasteiger partial charge in [-0.25, -0.2) is 19.9 Å². The Kier molecular flexibility index (Phi) is 33.8. The second-order valence-electron chi connectivity index (χ2n) is 31.0. The number of benzene rings is 8. The van der Waals surface area contributed by atoms with E-state index in [4.69, 9.17) is 76.8 Å². The Labute approximate surface area is 746 Å². The fourth-order valence-electron chi connectivity index (χ4n) is 12.2. The van der Waals surface area contributed by atoms with E-state index in [1.54, 1.807) is 81.8 Å². The van der Waals surface area contributed by atoms with E-state index in [1.807, 2.05) is 212 Å². The molecule has 0 spiro atoms. The number of anilines is 16. The van der Waals surface area contributed by atoms with Gasteiger partial charge in [0.15, 0.2) is 23.3 Å². The number of methoxy groups -OCH3 is 4. The number of rotatable bonds is 30. The highest BCUT2D eigenvalue weighted by Crippen LogP contribution is 2.45. The van der Waals surface area contributed by atoms with Crippen LogP contribution in [-0.4, -0.2) is 148 Å². The number of aromatic nitrogens is 8. The highest BCUT2D eigenvalue weighted by atomic mass is 35.5. The second-order valence-corrected chi connectivity index (χ2v) is 45.4. The minimum absolute atomic E-state index is 0.108. The Morgan fingerprint density at radius 3 is 0.895 bits per heavy atom. The number of nitrogens with one attached hydrogen (secondary N) is 9. The standard InChI is InChI=1S/C23H29ClN5O2P.2C22H27ClN5O2P.C21H25ClN5O2P/c1-15(29(2)3)16-11-12-18(20(13-16)31-4)27-23-25-14-17(24)22(28-23)26-19-9-7-8-10-21(19)32(5,6)30;1-22(2,24)14-10-11-16(18(12-14)30-3)27-21-25-13-15(23)20(28-21)26-17-8-6-7-9-19(17)31(4,5)29;1-14(24-2)15-10-11-17(19(12-15)30-3)27-22-25-13-16(23)21(28-22)26-18-8-6-7-9-20(18)31(4,5)29;1-13(23)14-9-10-16(18(11-14)29-2)26-21-24-12-15(22)20(27-21)25-17-7-5-6-8-19(17)30(3,4)28/h7-15H,1-6H3,(H2,25,26,27,28);6-13H,24H2,1-5H3,(H2,25,26,27,28);6-14,24H,1-5H3,(H2,25,26,27,28);5-13H,23H2,1-4H3,(H2,24,25,26,27). The molecule has 0 aliphatic rings.